The van der Waals surface area contributed by atoms with Crippen molar-refractivity contribution in [3.63, 3.8) is 0 Å². The molecule has 2 aliphatic rings. The van der Waals surface area contributed by atoms with E-state index in [-0.39, 0.29) is 5.91 Å². The molecule has 4 rings (SSSR count). The van der Waals surface area contributed by atoms with Gasteiger partial charge in [-0.15, -0.1) is 11.3 Å². The molecule has 28 heavy (non-hydrogen) atoms. The molecular weight excluding hydrogens is 370 g/mol. The normalized spacial score (nSPS) is 20.1. The standard InChI is InChI=1S/C22H29N3O2S/c1-3-20-19-9-15-28-21(19)8-10-25(20)16-22(26)24-13-11-23(12-14-24)17-4-6-18(27-2)7-5-17/h4-7,9,15,20H,3,8,10-14,16H2,1-2H3. The van der Waals surface area contributed by atoms with Crippen LogP contribution in [0.15, 0.2) is 35.7 Å². The number of nitrogens with zero attached hydrogens (tertiary/aromatic N) is 3. The summed E-state index contributed by atoms with van der Waals surface area (Å²) in [6.07, 6.45) is 2.13. The van der Waals surface area contributed by atoms with E-state index in [1.54, 1.807) is 7.11 Å². The number of fused-ring (bicyclic) bond motifs is 1. The van der Waals surface area contributed by atoms with Crippen LogP contribution in [0.2, 0.25) is 0 Å². The quantitative estimate of drug-likeness (QED) is 0.772. The Kier molecular flexibility index (Phi) is 5.87. The van der Waals surface area contributed by atoms with Crippen LogP contribution in [0.25, 0.3) is 0 Å². The first kappa shape index (κ1) is 19.3. The number of hydrogen-bond acceptors (Lipinski definition) is 5. The second-order valence-electron chi connectivity index (χ2n) is 7.51. The van der Waals surface area contributed by atoms with Crippen molar-refractivity contribution in [3.8, 4) is 5.75 Å². The van der Waals surface area contributed by atoms with Crippen LogP contribution in [0.3, 0.4) is 0 Å². The van der Waals surface area contributed by atoms with Crippen molar-refractivity contribution in [1.82, 2.24) is 9.80 Å². The highest BCUT2D eigenvalue weighted by molar-refractivity contribution is 7.10. The Morgan fingerprint density at radius 1 is 1.11 bits per heavy atom. The molecule has 1 amide bonds. The van der Waals surface area contributed by atoms with E-state index >= 15 is 0 Å². The van der Waals surface area contributed by atoms with Crippen LogP contribution in [0.5, 0.6) is 5.75 Å². The molecule has 1 unspecified atom stereocenters. The van der Waals surface area contributed by atoms with Gasteiger partial charge in [0, 0.05) is 49.3 Å². The summed E-state index contributed by atoms with van der Waals surface area (Å²) in [7, 11) is 1.68. The topological polar surface area (TPSA) is 36.0 Å². The third kappa shape index (κ3) is 3.89. The lowest BCUT2D eigenvalue weighted by Gasteiger charge is -2.39. The van der Waals surface area contributed by atoms with Gasteiger partial charge in [-0.1, -0.05) is 6.92 Å². The number of anilines is 1. The summed E-state index contributed by atoms with van der Waals surface area (Å²) in [4.78, 5) is 21.2. The van der Waals surface area contributed by atoms with E-state index in [2.05, 4.69) is 40.3 Å². The minimum Gasteiger partial charge on any atom is -0.497 e. The number of ether oxygens (including phenoxy) is 1. The average molecular weight is 400 g/mol. The minimum atomic E-state index is 0.270. The molecule has 0 radical (unpaired) electrons. The van der Waals surface area contributed by atoms with Crippen LogP contribution in [-0.4, -0.2) is 62.1 Å². The SMILES string of the molecule is CCC1c2ccsc2CCN1CC(=O)N1CCN(c2ccc(OC)cc2)CC1. The molecule has 0 bridgehead atoms. The minimum absolute atomic E-state index is 0.270. The average Bonchev–Trinajstić information content (AvgIpc) is 3.22. The van der Waals surface area contributed by atoms with Gasteiger partial charge in [-0.25, -0.2) is 0 Å². The summed E-state index contributed by atoms with van der Waals surface area (Å²) in [6, 6.07) is 10.8. The van der Waals surface area contributed by atoms with Crippen LogP contribution < -0.4 is 9.64 Å². The fourth-order valence-electron chi connectivity index (χ4n) is 4.40. The molecule has 2 aliphatic heterocycles. The van der Waals surface area contributed by atoms with Crippen molar-refractivity contribution >= 4 is 22.9 Å². The molecule has 6 heteroatoms. The summed E-state index contributed by atoms with van der Waals surface area (Å²) in [5.41, 5.74) is 2.64. The van der Waals surface area contributed by atoms with E-state index in [1.165, 1.54) is 16.1 Å². The molecule has 0 N–H and O–H groups in total. The number of amides is 1. The molecule has 0 saturated carbocycles. The van der Waals surface area contributed by atoms with E-state index in [1.807, 2.05) is 28.4 Å². The maximum Gasteiger partial charge on any atom is 0.236 e. The van der Waals surface area contributed by atoms with Crippen molar-refractivity contribution in [2.45, 2.75) is 25.8 Å². The molecular formula is C22H29N3O2S. The van der Waals surface area contributed by atoms with Gasteiger partial charge in [0.2, 0.25) is 5.91 Å². The number of thiophene rings is 1. The van der Waals surface area contributed by atoms with Crippen LogP contribution in [0.4, 0.5) is 5.69 Å². The highest BCUT2D eigenvalue weighted by atomic mass is 32.1. The maximum atomic E-state index is 13.0. The van der Waals surface area contributed by atoms with Crippen molar-refractivity contribution < 1.29 is 9.53 Å². The summed E-state index contributed by atoms with van der Waals surface area (Å²) in [5.74, 6) is 1.14. The second kappa shape index (κ2) is 8.53. The van der Waals surface area contributed by atoms with Gasteiger partial charge in [-0.05, 0) is 54.1 Å². The van der Waals surface area contributed by atoms with Crippen LogP contribution in [0, 0.1) is 0 Å². The number of carbonyl (C=O) groups excluding carboxylic acids is 1. The second-order valence-corrected chi connectivity index (χ2v) is 8.51. The summed E-state index contributed by atoms with van der Waals surface area (Å²) in [6.45, 7) is 7.09. The maximum absolute atomic E-state index is 13.0. The summed E-state index contributed by atoms with van der Waals surface area (Å²) < 4.78 is 5.24. The first-order valence-corrected chi connectivity index (χ1v) is 11.0. The van der Waals surface area contributed by atoms with E-state index in [9.17, 15) is 4.79 Å². The van der Waals surface area contributed by atoms with Gasteiger partial charge >= 0.3 is 0 Å². The van der Waals surface area contributed by atoms with Crippen LogP contribution in [-0.2, 0) is 11.2 Å². The first-order chi connectivity index (χ1) is 13.7. The number of methoxy groups -OCH3 is 1. The first-order valence-electron chi connectivity index (χ1n) is 10.2. The van der Waals surface area contributed by atoms with Crippen molar-refractivity contribution in [2.75, 3.05) is 51.3 Å². The predicted molar refractivity (Wildman–Crippen MR) is 114 cm³/mol. The monoisotopic (exact) mass is 399 g/mol. The van der Waals surface area contributed by atoms with E-state index in [0.717, 1.165) is 51.3 Å². The van der Waals surface area contributed by atoms with Gasteiger partial charge in [-0.3, -0.25) is 9.69 Å². The van der Waals surface area contributed by atoms with Gasteiger partial charge in [-0.2, -0.15) is 0 Å². The third-order valence-corrected chi connectivity index (χ3v) is 7.00. The number of rotatable bonds is 5. The molecule has 5 nitrogen and oxygen atoms in total. The molecule has 3 heterocycles. The van der Waals surface area contributed by atoms with E-state index < -0.39 is 0 Å². The highest BCUT2D eigenvalue weighted by Crippen LogP contribution is 2.35. The lowest BCUT2D eigenvalue weighted by molar-refractivity contribution is -0.133. The Bertz CT molecular complexity index is 796. The molecule has 2 aromatic rings. The molecule has 1 atom stereocenters. The Morgan fingerprint density at radius 2 is 1.86 bits per heavy atom. The largest absolute Gasteiger partial charge is 0.497 e. The van der Waals surface area contributed by atoms with Crippen molar-refractivity contribution in [2.24, 2.45) is 0 Å². The summed E-state index contributed by atoms with van der Waals surface area (Å²) in [5, 5.41) is 2.19. The van der Waals surface area contributed by atoms with Gasteiger partial charge in [0.05, 0.1) is 13.7 Å². The number of hydrogen-bond donors (Lipinski definition) is 0. The fourth-order valence-corrected chi connectivity index (χ4v) is 5.32. The molecule has 150 valence electrons. The molecule has 1 aromatic carbocycles. The Hall–Kier alpha value is -2.05. The summed E-state index contributed by atoms with van der Waals surface area (Å²) >= 11 is 1.86. The van der Waals surface area contributed by atoms with Gasteiger partial charge in [0.25, 0.3) is 0 Å². The van der Waals surface area contributed by atoms with Crippen molar-refractivity contribution in [1.29, 1.82) is 0 Å². The Labute approximate surface area is 171 Å². The zero-order chi connectivity index (χ0) is 19.5. The number of piperazine rings is 1. The lowest BCUT2D eigenvalue weighted by atomic mass is 9.98. The molecule has 1 fully saturated rings. The highest BCUT2D eigenvalue weighted by Gasteiger charge is 2.30. The molecule has 0 aliphatic carbocycles. The number of carbonyl (C=O) groups is 1. The number of benzene rings is 1. The smallest absolute Gasteiger partial charge is 0.236 e. The molecule has 1 saturated heterocycles. The van der Waals surface area contributed by atoms with Crippen LogP contribution >= 0.6 is 11.3 Å². The van der Waals surface area contributed by atoms with Crippen molar-refractivity contribution in [3.05, 3.63) is 46.2 Å². The van der Waals surface area contributed by atoms with Crippen LogP contribution in [0.1, 0.15) is 29.8 Å². The molecule has 1 aromatic heterocycles. The van der Waals surface area contributed by atoms with Gasteiger partial charge in [0.1, 0.15) is 5.75 Å². The fraction of sp³-hybridized carbons (Fsp3) is 0.500. The molecule has 0 spiro atoms. The zero-order valence-corrected chi connectivity index (χ0v) is 17.6. The Morgan fingerprint density at radius 3 is 2.54 bits per heavy atom. The zero-order valence-electron chi connectivity index (χ0n) is 16.8. The lowest BCUT2D eigenvalue weighted by Crippen LogP contribution is -2.52. The predicted octanol–water partition coefficient (Wildman–Crippen LogP) is 3.41. The van der Waals surface area contributed by atoms with Gasteiger partial charge < -0.3 is 14.5 Å². The Balaban J connectivity index is 1.33. The van der Waals surface area contributed by atoms with E-state index in [0.29, 0.717) is 12.6 Å². The third-order valence-electron chi connectivity index (χ3n) is 6.00. The van der Waals surface area contributed by atoms with Gasteiger partial charge in [0.15, 0.2) is 0 Å². The van der Waals surface area contributed by atoms with E-state index in [4.69, 9.17) is 4.74 Å².